The normalized spacial score (nSPS) is 13.0. The van der Waals surface area contributed by atoms with Crippen molar-refractivity contribution in [1.29, 1.82) is 5.26 Å². The zero-order valence-corrected chi connectivity index (χ0v) is 13.7. The molecule has 5 nitrogen and oxygen atoms in total. The summed E-state index contributed by atoms with van der Waals surface area (Å²) in [5.74, 6) is 1.39. The first-order valence-corrected chi connectivity index (χ1v) is 8.24. The number of aromatic nitrogens is 2. The van der Waals surface area contributed by atoms with E-state index in [-0.39, 0.29) is 0 Å². The molecule has 1 aliphatic heterocycles. The largest absolute Gasteiger partial charge is 0.352 e. The number of fused-ring (bicyclic) bond motifs is 1. The molecule has 0 saturated heterocycles. The fraction of sp³-hybridized carbons (Fsp3) is 0.150. The van der Waals surface area contributed by atoms with Gasteiger partial charge in [-0.05, 0) is 35.7 Å². The first kappa shape index (κ1) is 15.2. The number of hydrogen-bond donors (Lipinski definition) is 1. The van der Waals surface area contributed by atoms with Crippen LogP contribution in [-0.2, 0) is 13.0 Å². The highest BCUT2D eigenvalue weighted by Crippen LogP contribution is 2.24. The molecule has 122 valence electrons. The van der Waals surface area contributed by atoms with Crippen molar-refractivity contribution in [3.63, 3.8) is 0 Å². The zero-order valence-electron chi connectivity index (χ0n) is 13.7. The molecule has 0 unspecified atom stereocenters. The average molecular weight is 327 g/mol. The minimum atomic E-state index is 0.499. The molecule has 1 aliphatic rings. The SMILES string of the molecule is N#Cc1ccccc1Nc1nccc(N2CCc3ccccc3C2)n1. The molecular formula is C20H17N5. The van der Waals surface area contributed by atoms with E-state index in [0.29, 0.717) is 17.2 Å². The lowest BCUT2D eigenvalue weighted by Gasteiger charge is -2.29. The first-order chi connectivity index (χ1) is 12.3. The summed E-state index contributed by atoms with van der Waals surface area (Å²) in [4.78, 5) is 11.2. The number of para-hydroxylation sites is 1. The Morgan fingerprint density at radius 3 is 2.68 bits per heavy atom. The summed E-state index contributed by atoms with van der Waals surface area (Å²) in [6.45, 7) is 1.78. The molecule has 0 bridgehead atoms. The van der Waals surface area contributed by atoms with Crippen molar-refractivity contribution in [2.45, 2.75) is 13.0 Å². The fourth-order valence-corrected chi connectivity index (χ4v) is 3.09. The maximum Gasteiger partial charge on any atom is 0.229 e. The van der Waals surface area contributed by atoms with Crippen LogP contribution in [0.15, 0.2) is 60.8 Å². The van der Waals surface area contributed by atoms with Gasteiger partial charge in [0.25, 0.3) is 0 Å². The lowest BCUT2D eigenvalue weighted by Crippen LogP contribution is -2.31. The van der Waals surface area contributed by atoms with Gasteiger partial charge in [-0.2, -0.15) is 10.2 Å². The van der Waals surface area contributed by atoms with Crippen LogP contribution < -0.4 is 10.2 Å². The molecule has 5 heteroatoms. The van der Waals surface area contributed by atoms with Gasteiger partial charge in [0.05, 0.1) is 11.3 Å². The molecule has 0 amide bonds. The highest BCUT2D eigenvalue weighted by Gasteiger charge is 2.17. The zero-order chi connectivity index (χ0) is 17.1. The topological polar surface area (TPSA) is 64.8 Å². The Morgan fingerprint density at radius 2 is 1.80 bits per heavy atom. The molecule has 0 saturated carbocycles. The van der Waals surface area contributed by atoms with Gasteiger partial charge in [0.2, 0.25) is 5.95 Å². The molecule has 0 atom stereocenters. The van der Waals surface area contributed by atoms with E-state index >= 15 is 0 Å². The van der Waals surface area contributed by atoms with Crippen LogP contribution in [0.25, 0.3) is 0 Å². The average Bonchev–Trinajstić information content (AvgIpc) is 2.68. The lowest BCUT2D eigenvalue weighted by atomic mass is 10.00. The van der Waals surface area contributed by atoms with Crippen molar-refractivity contribution in [3.8, 4) is 6.07 Å². The number of benzene rings is 2. The Balaban J connectivity index is 1.57. The van der Waals surface area contributed by atoms with E-state index in [9.17, 15) is 5.26 Å². The Kier molecular flexibility index (Phi) is 4.01. The van der Waals surface area contributed by atoms with E-state index in [2.05, 4.69) is 50.5 Å². The molecule has 0 fully saturated rings. The van der Waals surface area contributed by atoms with Crippen LogP contribution in [0.3, 0.4) is 0 Å². The quantitative estimate of drug-likeness (QED) is 0.795. The van der Waals surface area contributed by atoms with Gasteiger partial charge in [-0.3, -0.25) is 0 Å². The molecule has 0 radical (unpaired) electrons. The third-order valence-electron chi connectivity index (χ3n) is 4.39. The third kappa shape index (κ3) is 3.15. The second kappa shape index (κ2) is 6.62. The van der Waals surface area contributed by atoms with Crippen LogP contribution >= 0.6 is 0 Å². The van der Waals surface area contributed by atoms with E-state index in [1.807, 2.05) is 24.3 Å². The minimum Gasteiger partial charge on any atom is -0.352 e. The van der Waals surface area contributed by atoms with E-state index in [0.717, 1.165) is 25.3 Å². The molecule has 1 N–H and O–H groups in total. The molecule has 2 heterocycles. The first-order valence-electron chi connectivity index (χ1n) is 8.24. The molecule has 0 aliphatic carbocycles. The van der Waals surface area contributed by atoms with Crippen LogP contribution in [0, 0.1) is 11.3 Å². The number of nitrogens with one attached hydrogen (secondary N) is 1. The molecular weight excluding hydrogens is 310 g/mol. The van der Waals surface area contributed by atoms with Crippen molar-refractivity contribution in [1.82, 2.24) is 9.97 Å². The summed E-state index contributed by atoms with van der Waals surface area (Å²) in [6.07, 6.45) is 2.76. The van der Waals surface area contributed by atoms with E-state index in [1.165, 1.54) is 11.1 Å². The number of nitriles is 1. The number of hydrogen-bond acceptors (Lipinski definition) is 5. The van der Waals surface area contributed by atoms with Gasteiger partial charge in [-0.1, -0.05) is 36.4 Å². The van der Waals surface area contributed by atoms with Crippen LogP contribution in [-0.4, -0.2) is 16.5 Å². The van der Waals surface area contributed by atoms with Gasteiger partial charge >= 0.3 is 0 Å². The minimum absolute atomic E-state index is 0.499. The lowest BCUT2D eigenvalue weighted by molar-refractivity contribution is 0.720. The molecule has 4 rings (SSSR count). The van der Waals surface area contributed by atoms with Crippen molar-refractivity contribution in [2.24, 2.45) is 0 Å². The number of rotatable bonds is 3. The predicted octanol–water partition coefficient (Wildman–Crippen LogP) is 3.65. The van der Waals surface area contributed by atoms with Gasteiger partial charge in [0, 0.05) is 19.3 Å². The maximum atomic E-state index is 9.21. The van der Waals surface area contributed by atoms with Crippen LogP contribution in [0.2, 0.25) is 0 Å². The van der Waals surface area contributed by atoms with Crippen LogP contribution in [0.4, 0.5) is 17.5 Å². The third-order valence-corrected chi connectivity index (χ3v) is 4.39. The predicted molar refractivity (Wildman–Crippen MR) is 97.7 cm³/mol. The van der Waals surface area contributed by atoms with Gasteiger partial charge in [0.15, 0.2) is 0 Å². The standard InChI is InChI=1S/C20H17N5/c21-13-16-6-3-4-8-18(16)23-20-22-11-9-19(24-20)25-12-10-15-5-1-2-7-17(15)14-25/h1-9,11H,10,12,14H2,(H,22,23,24). The maximum absolute atomic E-state index is 9.21. The molecule has 3 aromatic rings. The smallest absolute Gasteiger partial charge is 0.229 e. The van der Waals surface area contributed by atoms with E-state index in [4.69, 9.17) is 0 Å². The van der Waals surface area contributed by atoms with Crippen molar-refractivity contribution in [3.05, 3.63) is 77.5 Å². The monoisotopic (exact) mass is 327 g/mol. The summed E-state index contributed by atoms with van der Waals surface area (Å²) in [5.41, 5.74) is 4.04. The fourth-order valence-electron chi connectivity index (χ4n) is 3.09. The van der Waals surface area contributed by atoms with Crippen molar-refractivity contribution < 1.29 is 0 Å². The van der Waals surface area contributed by atoms with E-state index < -0.39 is 0 Å². The number of nitrogens with zero attached hydrogens (tertiary/aromatic N) is 4. The van der Waals surface area contributed by atoms with Gasteiger partial charge in [-0.25, -0.2) is 4.98 Å². The second-order valence-electron chi connectivity index (χ2n) is 5.96. The van der Waals surface area contributed by atoms with Crippen molar-refractivity contribution >= 4 is 17.5 Å². The summed E-state index contributed by atoms with van der Waals surface area (Å²) >= 11 is 0. The number of anilines is 3. The molecule has 25 heavy (non-hydrogen) atoms. The highest BCUT2D eigenvalue weighted by atomic mass is 15.2. The molecule has 1 aromatic heterocycles. The van der Waals surface area contributed by atoms with Gasteiger partial charge in [-0.15, -0.1) is 0 Å². The second-order valence-corrected chi connectivity index (χ2v) is 5.96. The summed E-state index contributed by atoms with van der Waals surface area (Å²) in [7, 11) is 0. The van der Waals surface area contributed by atoms with Gasteiger partial charge < -0.3 is 10.2 Å². The highest BCUT2D eigenvalue weighted by molar-refractivity contribution is 5.63. The van der Waals surface area contributed by atoms with E-state index in [1.54, 1.807) is 12.3 Å². The Morgan fingerprint density at radius 1 is 1.00 bits per heavy atom. The van der Waals surface area contributed by atoms with Crippen LogP contribution in [0.1, 0.15) is 16.7 Å². The van der Waals surface area contributed by atoms with Crippen molar-refractivity contribution in [2.75, 3.05) is 16.8 Å². The molecule has 2 aromatic carbocycles. The summed E-state index contributed by atoms with van der Waals surface area (Å²) in [5, 5.41) is 12.4. The summed E-state index contributed by atoms with van der Waals surface area (Å²) in [6, 6.07) is 20.0. The summed E-state index contributed by atoms with van der Waals surface area (Å²) < 4.78 is 0. The van der Waals surface area contributed by atoms with Gasteiger partial charge in [0.1, 0.15) is 11.9 Å². The molecule has 0 spiro atoms. The van der Waals surface area contributed by atoms with Crippen LogP contribution in [0.5, 0.6) is 0 Å². The Labute approximate surface area is 146 Å². The Bertz CT molecular complexity index is 945. The Hall–Kier alpha value is -3.39.